The van der Waals surface area contributed by atoms with Gasteiger partial charge in [0.15, 0.2) is 0 Å². The first kappa shape index (κ1) is 17.4. The van der Waals surface area contributed by atoms with Crippen LogP contribution >= 0.6 is 0 Å². The summed E-state index contributed by atoms with van der Waals surface area (Å²) < 4.78 is 5.05. The zero-order valence-corrected chi connectivity index (χ0v) is 15.6. The van der Waals surface area contributed by atoms with Gasteiger partial charge in [-0.3, -0.25) is 4.79 Å². The topological polar surface area (TPSA) is 43.4 Å². The Labute approximate surface area is 145 Å². The van der Waals surface area contributed by atoms with Crippen molar-refractivity contribution >= 4 is 11.8 Å². The molecule has 3 heteroatoms. The number of methoxy groups -OCH3 is 1. The van der Waals surface area contributed by atoms with Crippen molar-refractivity contribution in [1.29, 1.82) is 0 Å². The van der Waals surface area contributed by atoms with Crippen molar-refractivity contribution in [1.82, 2.24) is 0 Å². The molecule has 3 rings (SSSR count). The van der Waals surface area contributed by atoms with Crippen molar-refractivity contribution in [2.45, 2.75) is 53.4 Å². The van der Waals surface area contributed by atoms with Gasteiger partial charge in [-0.2, -0.15) is 0 Å². The molecule has 3 nitrogen and oxygen atoms in total. The van der Waals surface area contributed by atoms with Crippen molar-refractivity contribution < 1.29 is 14.3 Å². The minimum atomic E-state index is -0.332. The molecule has 3 aliphatic rings. The van der Waals surface area contributed by atoms with Crippen LogP contribution in [-0.2, 0) is 14.3 Å². The van der Waals surface area contributed by atoms with Gasteiger partial charge in [0.1, 0.15) is 5.78 Å². The molecule has 0 heterocycles. The van der Waals surface area contributed by atoms with Gasteiger partial charge in [-0.15, -0.1) is 0 Å². The highest BCUT2D eigenvalue weighted by molar-refractivity contribution is 6.00. The predicted molar refractivity (Wildman–Crippen MR) is 94.2 cm³/mol. The highest BCUT2D eigenvalue weighted by Crippen LogP contribution is 2.58. The van der Waals surface area contributed by atoms with Crippen LogP contribution in [0, 0.1) is 35.0 Å². The van der Waals surface area contributed by atoms with Gasteiger partial charge in [0.25, 0.3) is 0 Å². The van der Waals surface area contributed by atoms with E-state index in [1.54, 1.807) is 0 Å². The molecule has 0 amide bonds. The fourth-order valence-electron chi connectivity index (χ4n) is 5.38. The number of carbonyl (C=O) groups is 2. The third-order valence-corrected chi connectivity index (χ3v) is 6.75. The average molecular weight is 330 g/mol. The Bertz CT molecular complexity index is 613. The third-order valence-electron chi connectivity index (χ3n) is 6.75. The summed E-state index contributed by atoms with van der Waals surface area (Å²) in [4.78, 5) is 25.8. The molecule has 0 aromatic carbocycles. The Morgan fingerprint density at radius 2 is 2.00 bits per heavy atom. The van der Waals surface area contributed by atoms with Crippen LogP contribution in [0.15, 0.2) is 23.3 Å². The summed E-state index contributed by atoms with van der Waals surface area (Å²) in [5.74, 6) is 0.933. The van der Waals surface area contributed by atoms with E-state index in [9.17, 15) is 9.59 Å². The largest absolute Gasteiger partial charge is 0.466 e. The molecule has 0 spiro atoms. The Hall–Kier alpha value is -1.38. The maximum Gasteiger partial charge on any atom is 0.334 e. The van der Waals surface area contributed by atoms with Gasteiger partial charge in [-0.1, -0.05) is 33.8 Å². The molecule has 0 aromatic rings. The van der Waals surface area contributed by atoms with Crippen molar-refractivity contribution in [2.24, 2.45) is 35.0 Å². The van der Waals surface area contributed by atoms with Gasteiger partial charge >= 0.3 is 5.97 Å². The van der Waals surface area contributed by atoms with Gasteiger partial charge in [0.2, 0.25) is 0 Å². The van der Waals surface area contributed by atoms with E-state index in [0.717, 1.165) is 19.3 Å². The molecule has 0 aromatic heterocycles. The molecule has 1 unspecified atom stereocenters. The van der Waals surface area contributed by atoms with Gasteiger partial charge in [0.05, 0.1) is 13.0 Å². The molecule has 0 saturated heterocycles. The number of ketones is 1. The van der Waals surface area contributed by atoms with Gasteiger partial charge in [-0.25, -0.2) is 4.79 Å². The maximum atomic E-state index is 13.3. The van der Waals surface area contributed by atoms with E-state index in [0.29, 0.717) is 23.3 Å². The molecular weight excluding hydrogens is 300 g/mol. The first-order valence-electron chi connectivity index (χ1n) is 9.35. The van der Waals surface area contributed by atoms with E-state index < -0.39 is 0 Å². The summed E-state index contributed by atoms with van der Waals surface area (Å²) in [5.41, 5.74) is 1.70. The third kappa shape index (κ3) is 2.57. The summed E-state index contributed by atoms with van der Waals surface area (Å²) in [6, 6.07) is 0. The second kappa shape index (κ2) is 6.16. The molecule has 0 N–H and O–H groups in total. The Kier molecular flexibility index (Phi) is 4.48. The summed E-state index contributed by atoms with van der Waals surface area (Å²) in [5, 5.41) is 0. The lowest BCUT2D eigenvalue weighted by Crippen LogP contribution is -2.52. The summed E-state index contributed by atoms with van der Waals surface area (Å²) in [7, 11) is 1.41. The number of allylic oxidation sites excluding steroid dienone is 3. The van der Waals surface area contributed by atoms with E-state index in [4.69, 9.17) is 4.74 Å². The van der Waals surface area contributed by atoms with E-state index >= 15 is 0 Å². The minimum absolute atomic E-state index is 0.0594. The molecule has 0 bridgehead atoms. The average Bonchev–Trinajstić information content (AvgIpc) is 2.52. The van der Waals surface area contributed by atoms with Crippen LogP contribution in [0.25, 0.3) is 0 Å². The number of carbonyl (C=O) groups excluding carboxylic acids is 2. The number of hydrogen-bond donors (Lipinski definition) is 0. The fraction of sp³-hybridized carbons (Fsp3) is 0.714. The summed E-state index contributed by atoms with van der Waals surface area (Å²) >= 11 is 0. The Balaban J connectivity index is 2.12. The fourth-order valence-corrected chi connectivity index (χ4v) is 5.38. The second-order valence-corrected chi connectivity index (χ2v) is 8.60. The molecule has 3 aliphatic carbocycles. The van der Waals surface area contributed by atoms with Crippen molar-refractivity contribution in [2.75, 3.05) is 7.11 Å². The zero-order valence-electron chi connectivity index (χ0n) is 15.6. The lowest BCUT2D eigenvalue weighted by molar-refractivity contribution is -0.145. The molecule has 132 valence electrons. The van der Waals surface area contributed by atoms with Crippen molar-refractivity contribution in [3.8, 4) is 0 Å². The normalized spacial score (nSPS) is 38.8. The lowest BCUT2D eigenvalue weighted by atomic mass is 9.49. The monoisotopic (exact) mass is 330 g/mol. The van der Waals surface area contributed by atoms with Crippen LogP contribution < -0.4 is 0 Å². The smallest absolute Gasteiger partial charge is 0.334 e. The highest BCUT2D eigenvalue weighted by atomic mass is 16.5. The molecular formula is C21H30O3. The molecule has 5 atom stereocenters. The standard InChI is InChI=1S/C21H30O3/c1-12(2)15-8-9-21(4)17-7-6-13(3)10-14(17)11-16(20(23)24-5)18(21)19(15)22/h10-13,15,17-18H,6-9H2,1-5H3/t13-,15-,17?,18+,21+/m0/s1. The second-order valence-electron chi connectivity index (χ2n) is 8.60. The minimum Gasteiger partial charge on any atom is -0.466 e. The first-order valence-corrected chi connectivity index (χ1v) is 9.35. The molecule has 0 radical (unpaired) electrons. The van der Waals surface area contributed by atoms with Crippen molar-refractivity contribution in [3.05, 3.63) is 23.3 Å². The predicted octanol–water partition coefficient (Wildman–Crippen LogP) is 4.33. The summed E-state index contributed by atoms with van der Waals surface area (Å²) in [6.45, 7) is 8.69. The SMILES string of the molecule is COC(=O)C1=CC2=C[C@@H](C)CCC2[C@@]2(C)CC[C@@H](C(C)C)C(=O)[C@@H]12. The Morgan fingerprint density at radius 3 is 2.62 bits per heavy atom. The van der Waals surface area contributed by atoms with Crippen LogP contribution in [0.4, 0.5) is 0 Å². The van der Waals surface area contributed by atoms with Crippen LogP contribution in [0.1, 0.15) is 53.4 Å². The van der Waals surface area contributed by atoms with Gasteiger partial charge in [0, 0.05) is 11.5 Å². The van der Waals surface area contributed by atoms with E-state index in [-0.39, 0.29) is 29.0 Å². The number of esters is 1. The van der Waals surface area contributed by atoms with Gasteiger partial charge in [-0.05, 0) is 60.5 Å². The van der Waals surface area contributed by atoms with Crippen LogP contribution in [0.5, 0.6) is 0 Å². The quantitative estimate of drug-likeness (QED) is 0.708. The zero-order chi connectivity index (χ0) is 17.6. The number of hydrogen-bond acceptors (Lipinski definition) is 3. The first-order chi connectivity index (χ1) is 11.3. The number of Topliss-reactive ketones (excluding diaryl/α,β-unsaturated/α-hetero) is 1. The van der Waals surface area contributed by atoms with E-state index in [1.807, 2.05) is 6.08 Å². The van der Waals surface area contributed by atoms with Crippen LogP contribution in [-0.4, -0.2) is 18.9 Å². The van der Waals surface area contributed by atoms with Gasteiger partial charge < -0.3 is 4.74 Å². The number of fused-ring (bicyclic) bond motifs is 3. The lowest BCUT2D eigenvalue weighted by Gasteiger charge is -2.53. The summed E-state index contributed by atoms with van der Waals surface area (Å²) in [6.07, 6.45) is 8.52. The van der Waals surface area contributed by atoms with E-state index in [2.05, 4.69) is 33.8 Å². The molecule has 0 aliphatic heterocycles. The highest BCUT2D eigenvalue weighted by Gasteiger charge is 2.56. The Morgan fingerprint density at radius 1 is 1.29 bits per heavy atom. The number of ether oxygens (including phenoxy) is 1. The van der Waals surface area contributed by atoms with Crippen LogP contribution in [0.3, 0.4) is 0 Å². The maximum absolute atomic E-state index is 13.3. The van der Waals surface area contributed by atoms with Crippen molar-refractivity contribution in [3.63, 3.8) is 0 Å². The van der Waals surface area contributed by atoms with E-state index in [1.165, 1.54) is 19.1 Å². The molecule has 24 heavy (non-hydrogen) atoms. The number of rotatable bonds is 2. The molecule has 1 saturated carbocycles. The molecule has 1 fully saturated rings. The van der Waals surface area contributed by atoms with Crippen LogP contribution in [0.2, 0.25) is 0 Å².